The van der Waals surface area contributed by atoms with Crippen LogP contribution in [0, 0.1) is 13.8 Å². The summed E-state index contributed by atoms with van der Waals surface area (Å²) in [7, 11) is 0. The molecule has 1 aromatic heterocycles. The fourth-order valence-electron chi connectivity index (χ4n) is 4.02. The Bertz CT molecular complexity index is 1060. The number of hydrogen-bond acceptors (Lipinski definition) is 6. The van der Waals surface area contributed by atoms with E-state index in [1.165, 1.54) is 11.8 Å². The summed E-state index contributed by atoms with van der Waals surface area (Å²) < 4.78 is 11.2. The number of fused-ring (bicyclic) bond motifs is 1. The number of anilines is 1. The molecule has 1 N–H and O–H groups in total. The van der Waals surface area contributed by atoms with Crippen molar-refractivity contribution in [3.05, 3.63) is 70.1 Å². The summed E-state index contributed by atoms with van der Waals surface area (Å²) in [6.07, 6.45) is -0.590. The van der Waals surface area contributed by atoms with Crippen molar-refractivity contribution in [2.45, 2.75) is 20.0 Å². The van der Waals surface area contributed by atoms with Gasteiger partial charge in [-0.15, -0.1) is 0 Å². The molecule has 0 aliphatic carbocycles. The molecule has 3 aromatic rings. The molecule has 2 heterocycles. The number of nitrogens with zero attached hydrogens (tertiary/aromatic N) is 2. The lowest BCUT2D eigenvalue weighted by molar-refractivity contribution is 0.0661. The Balaban J connectivity index is 1.32. The van der Waals surface area contributed by atoms with Gasteiger partial charge < -0.3 is 19.2 Å². The van der Waals surface area contributed by atoms with Gasteiger partial charge in [0.2, 0.25) is 0 Å². The molecule has 1 saturated heterocycles. The van der Waals surface area contributed by atoms with Crippen LogP contribution in [-0.4, -0.2) is 55.4 Å². The van der Waals surface area contributed by atoms with Crippen molar-refractivity contribution < 1.29 is 14.3 Å². The Morgan fingerprint density at radius 2 is 1.80 bits per heavy atom. The number of aryl methyl sites for hydroxylation is 2. The summed E-state index contributed by atoms with van der Waals surface area (Å²) in [6, 6.07) is 15.7. The Kier molecular flexibility index (Phi) is 6.06. The van der Waals surface area contributed by atoms with Gasteiger partial charge in [-0.1, -0.05) is 18.2 Å². The molecule has 0 spiro atoms. The van der Waals surface area contributed by atoms with Gasteiger partial charge in [0.1, 0.15) is 24.0 Å². The zero-order valence-electron chi connectivity index (χ0n) is 17.5. The average molecular weight is 408 g/mol. The predicted octanol–water partition coefficient (Wildman–Crippen LogP) is 2.97. The van der Waals surface area contributed by atoms with E-state index in [1.54, 1.807) is 0 Å². The number of aliphatic hydroxyl groups excluding tert-OH is 1. The number of aliphatic hydroxyl groups is 1. The van der Waals surface area contributed by atoms with Gasteiger partial charge in [-0.05, 0) is 43.7 Å². The number of piperazine rings is 1. The van der Waals surface area contributed by atoms with Gasteiger partial charge in [-0.2, -0.15) is 0 Å². The van der Waals surface area contributed by atoms with E-state index in [1.807, 2.05) is 32.0 Å². The third kappa shape index (κ3) is 4.50. The summed E-state index contributed by atoms with van der Waals surface area (Å²) in [5.74, 6) is 0.629. The first kappa shape index (κ1) is 20.4. The van der Waals surface area contributed by atoms with Crippen molar-refractivity contribution >= 4 is 16.7 Å². The molecule has 4 rings (SSSR count). The van der Waals surface area contributed by atoms with Gasteiger partial charge in [0, 0.05) is 55.4 Å². The molecule has 1 fully saturated rings. The summed E-state index contributed by atoms with van der Waals surface area (Å²) >= 11 is 0. The van der Waals surface area contributed by atoms with Crippen molar-refractivity contribution in [2.24, 2.45) is 0 Å². The molecular weight excluding hydrogens is 380 g/mol. The first-order valence-corrected chi connectivity index (χ1v) is 10.4. The maximum Gasteiger partial charge on any atom is 0.336 e. The highest BCUT2D eigenvalue weighted by Crippen LogP contribution is 2.28. The molecule has 158 valence electrons. The average Bonchev–Trinajstić information content (AvgIpc) is 2.75. The topological polar surface area (TPSA) is 66.2 Å². The minimum Gasteiger partial charge on any atom is -0.490 e. The highest BCUT2D eigenvalue weighted by atomic mass is 16.5. The van der Waals surface area contributed by atoms with Crippen molar-refractivity contribution in [1.82, 2.24) is 4.90 Å². The smallest absolute Gasteiger partial charge is 0.336 e. The number of ether oxygens (including phenoxy) is 1. The van der Waals surface area contributed by atoms with Crippen LogP contribution in [0.5, 0.6) is 5.75 Å². The van der Waals surface area contributed by atoms with Crippen LogP contribution < -0.4 is 15.3 Å². The molecule has 0 saturated carbocycles. The Labute approximate surface area is 176 Å². The monoisotopic (exact) mass is 408 g/mol. The highest BCUT2D eigenvalue weighted by molar-refractivity contribution is 5.84. The number of hydrogen-bond donors (Lipinski definition) is 1. The van der Waals surface area contributed by atoms with Crippen LogP contribution in [0.1, 0.15) is 11.1 Å². The van der Waals surface area contributed by atoms with Crippen molar-refractivity contribution in [3.8, 4) is 5.75 Å². The van der Waals surface area contributed by atoms with E-state index < -0.39 is 6.10 Å². The molecular formula is C24H28N2O4. The second-order valence-electron chi connectivity index (χ2n) is 7.90. The summed E-state index contributed by atoms with van der Waals surface area (Å²) in [5, 5.41) is 11.4. The van der Waals surface area contributed by atoms with Crippen molar-refractivity contribution in [3.63, 3.8) is 0 Å². The molecule has 2 aromatic carbocycles. The largest absolute Gasteiger partial charge is 0.490 e. The zero-order valence-corrected chi connectivity index (χ0v) is 17.5. The first-order chi connectivity index (χ1) is 14.5. The lowest BCUT2D eigenvalue weighted by atomic mass is 10.1. The van der Waals surface area contributed by atoms with Crippen LogP contribution >= 0.6 is 0 Å². The van der Waals surface area contributed by atoms with E-state index in [-0.39, 0.29) is 12.2 Å². The lowest BCUT2D eigenvalue weighted by Gasteiger charge is -2.36. The van der Waals surface area contributed by atoms with Crippen LogP contribution in [0.4, 0.5) is 5.69 Å². The lowest BCUT2D eigenvalue weighted by Crippen LogP contribution is -2.49. The van der Waals surface area contributed by atoms with Gasteiger partial charge in [-0.25, -0.2) is 4.79 Å². The zero-order chi connectivity index (χ0) is 21.1. The van der Waals surface area contributed by atoms with E-state index in [2.05, 4.69) is 34.1 Å². The van der Waals surface area contributed by atoms with Crippen molar-refractivity contribution in [2.75, 3.05) is 44.2 Å². The molecule has 6 nitrogen and oxygen atoms in total. The molecule has 0 amide bonds. The fourth-order valence-corrected chi connectivity index (χ4v) is 4.02. The number of para-hydroxylation sites is 1. The molecule has 0 unspecified atom stereocenters. The van der Waals surface area contributed by atoms with Gasteiger partial charge in [0.15, 0.2) is 0 Å². The van der Waals surface area contributed by atoms with Crippen molar-refractivity contribution in [1.29, 1.82) is 0 Å². The predicted molar refractivity (Wildman–Crippen MR) is 119 cm³/mol. The third-order valence-corrected chi connectivity index (χ3v) is 5.71. The maximum absolute atomic E-state index is 11.7. The van der Waals surface area contributed by atoms with Crippen LogP contribution in [0.15, 0.2) is 57.7 Å². The number of rotatable bonds is 6. The second-order valence-corrected chi connectivity index (χ2v) is 7.90. The van der Waals surface area contributed by atoms with E-state index in [9.17, 15) is 9.90 Å². The van der Waals surface area contributed by atoms with Gasteiger partial charge in [0.05, 0.1) is 0 Å². The Hall–Kier alpha value is -2.83. The molecule has 30 heavy (non-hydrogen) atoms. The van der Waals surface area contributed by atoms with Gasteiger partial charge in [-0.3, -0.25) is 4.90 Å². The SMILES string of the molecule is Cc1cc(=O)oc2c(C)c(OC[C@H](O)CN3CCN(c4ccccc4)CC3)ccc12. The van der Waals surface area contributed by atoms with Crippen LogP contribution in [0.2, 0.25) is 0 Å². The highest BCUT2D eigenvalue weighted by Gasteiger charge is 2.20. The quantitative estimate of drug-likeness (QED) is 0.633. The Morgan fingerprint density at radius 1 is 1.07 bits per heavy atom. The fraction of sp³-hybridized carbons (Fsp3) is 0.375. The molecule has 1 atom stereocenters. The third-order valence-electron chi connectivity index (χ3n) is 5.71. The van der Waals surface area contributed by atoms with E-state index >= 15 is 0 Å². The standard InChI is InChI=1S/C24H28N2O4/c1-17-14-23(28)30-24-18(2)22(9-8-21(17)24)29-16-20(27)15-25-10-12-26(13-11-25)19-6-4-3-5-7-19/h3-9,14,20,27H,10-13,15-16H2,1-2H3/t20-/m1/s1. The minimum atomic E-state index is -0.590. The summed E-state index contributed by atoms with van der Waals surface area (Å²) in [4.78, 5) is 16.3. The maximum atomic E-state index is 11.7. The van der Waals surface area contributed by atoms with Gasteiger partial charge >= 0.3 is 5.63 Å². The van der Waals surface area contributed by atoms with Crippen LogP contribution in [0.3, 0.4) is 0 Å². The van der Waals surface area contributed by atoms with E-state index in [0.717, 1.165) is 42.7 Å². The van der Waals surface area contributed by atoms with E-state index in [4.69, 9.17) is 9.15 Å². The number of β-amino-alcohol motifs (C(OH)–C–C–N with tert-alkyl or cyclic N) is 1. The van der Waals surface area contributed by atoms with E-state index in [0.29, 0.717) is 17.9 Å². The van der Waals surface area contributed by atoms with Gasteiger partial charge in [0.25, 0.3) is 0 Å². The minimum absolute atomic E-state index is 0.196. The van der Waals surface area contributed by atoms with Crippen LogP contribution in [-0.2, 0) is 0 Å². The molecule has 1 aliphatic rings. The second kappa shape index (κ2) is 8.90. The normalized spacial score (nSPS) is 16.0. The molecule has 0 radical (unpaired) electrons. The Morgan fingerprint density at radius 3 is 2.53 bits per heavy atom. The molecule has 0 bridgehead atoms. The summed E-state index contributed by atoms with van der Waals surface area (Å²) in [5.41, 5.74) is 3.08. The molecule has 6 heteroatoms. The van der Waals surface area contributed by atoms with Crippen LogP contribution in [0.25, 0.3) is 11.0 Å². The first-order valence-electron chi connectivity index (χ1n) is 10.4. The molecule has 1 aliphatic heterocycles. The summed E-state index contributed by atoms with van der Waals surface area (Å²) in [6.45, 7) is 8.23. The number of benzene rings is 2.